The normalized spacial score (nSPS) is 32.3. The summed E-state index contributed by atoms with van der Waals surface area (Å²) in [6, 6.07) is 1.98. The smallest absolute Gasteiger partial charge is 0.188 e. The maximum atomic E-state index is 9.18. The van der Waals surface area contributed by atoms with Crippen LogP contribution in [0.2, 0.25) is 0 Å². The van der Waals surface area contributed by atoms with Gasteiger partial charge < -0.3 is 5.21 Å². The number of nitrogens with zero attached hydrogens (tertiary/aromatic N) is 3. The van der Waals surface area contributed by atoms with E-state index in [0.717, 1.165) is 22.3 Å². The predicted octanol–water partition coefficient (Wildman–Crippen LogP) is 2.81. The molecule has 0 saturated heterocycles. The van der Waals surface area contributed by atoms with Crippen molar-refractivity contribution in [1.82, 2.24) is 9.97 Å². The summed E-state index contributed by atoms with van der Waals surface area (Å²) in [5.41, 5.74) is 2.95. The first-order chi connectivity index (χ1) is 8.67. The molecule has 0 spiro atoms. The zero-order chi connectivity index (χ0) is 12.7. The Bertz CT molecular complexity index is 483. The molecule has 0 amide bonds. The van der Waals surface area contributed by atoms with Crippen molar-refractivity contribution in [3.05, 3.63) is 17.5 Å². The highest BCUT2D eigenvalue weighted by Crippen LogP contribution is 2.48. The Morgan fingerprint density at radius 1 is 1.28 bits per heavy atom. The molecule has 3 atom stereocenters. The van der Waals surface area contributed by atoms with Crippen LogP contribution in [0.1, 0.15) is 30.7 Å². The van der Waals surface area contributed by atoms with Gasteiger partial charge in [-0.1, -0.05) is 16.9 Å². The summed E-state index contributed by atoms with van der Waals surface area (Å²) in [7, 11) is 0. The van der Waals surface area contributed by atoms with Gasteiger partial charge in [0.15, 0.2) is 5.16 Å². The van der Waals surface area contributed by atoms with Crippen molar-refractivity contribution in [3.63, 3.8) is 0 Å². The van der Waals surface area contributed by atoms with Gasteiger partial charge in [-0.2, -0.15) is 0 Å². The number of oxime groups is 1. The highest BCUT2D eigenvalue weighted by Gasteiger charge is 2.46. The SMILES string of the molecule is Cc1cc(C)nc(S[C@@H]2/C(=N/O)[C@H]3CC[C@H]2C3)n1. The van der Waals surface area contributed by atoms with Gasteiger partial charge in [-0.05, 0) is 45.1 Å². The van der Waals surface area contributed by atoms with Crippen LogP contribution >= 0.6 is 11.8 Å². The van der Waals surface area contributed by atoms with E-state index in [1.165, 1.54) is 19.3 Å². The Labute approximate surface area is 111 Å². The summed E-state index contributed by atoms with van der Waals surface area (Å²) in [6.45, 7) is 3.97. The molecule has 0 unspecified atom stereocenters. The predicted molar refractivity (Wildman–Crippen MR) is 71.2 cm³/mol. The lowest BCUT2D eigenvalue weighted by atomic mass is 9.98. The van der Waals surface area contributed by atoms with Crippen molar-refractivity contribution in [3.8, 4) is 0 Å². The van der Waals surface area contributed by atoms with Crippen LogP contribution in [0.25, 0.3) is 0 Å². The first kappa shape index (κ1) is 12.0. The second-order valence-corrected chi connectivity index (χ2v) is 6.38. The van der Waals surface area contributed by atoms with Gasteiger partial charge >= 0.3 is 0 Å². The molecule has 0 aliphatic heterocycles. The summed E-state index contributed by atoms with van der Waals surface area (Å²) < 4.78 is 0. The van der Waals surface area contributed by atoms with Crippen LogP contribution in [0, 0.1) is 25.7 Å². The number of fused-ring (bicyclic) bond motifs is 2. The summed E-state index contributed by atoms with van der Waals surface area (Å²) >= 11 is 1.66. The molecule has 1 heterocycles. The highest BCUT2D eigenvalue weighted by molar-refractivity contribution is 8.00. The van der Waals surface area contributed by atoms with Gasteiger partial charge in [0, 0.05) is 17.3 Å². The molecule has 0 radical (unpaired) electrons. The van der Waals surface area contributed by atoms with Crippen molar-refractivity contribution in [2.24, 2.45) is 17.0 Å². The molecule has 2 aliphatic rings. The highest BCUT2D eigenvalue weighted by atomic mass is 32.2. The van der Waals surface area contributed by atoms with Crippen LogP contribution in [0.15, 0.2) is 16.4 Å². The number of aromatic nitrogens is 2. The molecule has 0 aromatic carbocycles. The first-order valence-electron chi connectivity index (χ1n) is 6.38. The molecule has 2 bridgehead atoms. The van der Waals surface area contributed by atoms with Crippen molar-refractivity contribution < 1.29 is 5.21 Å². The average Bonchev–Trinajstić information content (AvgIpc) is 2.88. The van der Waals surface area contributed by atoms with E-state index in [0.29, 0.717) is 11.8 Å². The number of rotatable bonds is 2. The Kier molecular flexibility index (Phi) is 3.01. The molecule has 3 rings (SSSR count). The van der Waals surface area contributed by atoms with Crippen LogP contribution in [0.4, 0.5) is 0 Å². The van der Waals surface area contributed by atoms with E-state index in [9.17, 15) is 5.21 Å². The number of hydrogen-bond acceptors (Lipinski definition) is 5. The molecule has 2 saturated carbocycles. The Hall–Kier alpha value is -1.10. The van der Waals surface area contributed by atoms with Crippen LogP contribution in [0.3, 0.4) is 0 Å². The minimum atomic E-state index is 0.273. The van der Waals surface area contributed by atoms with E-state index in [-0.39, 0.29) is 5.25 Å². The topological polar surface area (TPSA) is 58.4 Å². The van der Waals surface area contributed by atoms with Gasteiger partial charge in [0.05, 0.1) is 11.0 Å². The lowest BCUT2D eigenvalue weighted by molar-refractivity contribution is 0.314. The zero-order valence-electron chi connectivity index (χ0n) is 10.6. The van der Waals surface area contributed by atoms with Gasteiger partial charge in [0.2, 0.25) is 0 Å². The van der Waals surface area contributed by atoms with Crippen molar-refractivity contribution in [2.75, 3.05) is 0 Å². The molecule has 2 aliphatic carbocycles. The van der Waals surface area contributed by atoms with E-state index >= 15 is 0 Å². The summed E-state index contributed by atoms with van der Waals surface area (Å²) in [5.74, 6) is 1.12. The fourth-order valence-corrected chi connectivity index (χ4v) is 4.61. The van der Waals surface area contributed by atoms with E-state index in [4.69, 9.17) is 0 Å². The molecular weight excluding hydrogens is 246 g/mol. The average molecular weight is 263 g/mol. The third-order valence-corrected chi connectivity index (χ3v) is 5.19. The maximum absolute atomic E-state index is 9.18. The zero-order valence-corrected chi connectivity index (χ0v) is 11.4. The number of hydrogen-bond donors (Lipinski definition) is 1. The molecule has 1 aromatic heterocycles. The lowest BCUT2D eigenvalue weighted by Crippen LogP contribution is -2.25. The first-order valence-corrected chi connectivity index (χ1v) is 7.26. The van der Waals surface area contributed by atoms with Crippen molar-refractivity contribution in [1.29, 1.82) is 0 Å². The van der Waals surface area contributed by atoms with Gasteiger partial charge in [-0.15, -0.1) is 0 Å². The van der Waals surface area contributed by atoms with Crippen LogP contribution in [-0.4, -0.2) is 26.1 Å². The molecule has 18 heavy (non-hydrogen) atoms. The molecule has 1 N–H and O–H groups in total. The van der Waals surface area contributed by atoms with Gasteiger partial charge in [-0.3, -0.25) is 0 Å². The second kappa shape index (κ2) is 4.53. The molecule has 96 valence electrons. The Morgan fingerprint density at radius 2 is 2.00 bits per heavy atom. The van der Waals surface area contributed by atoms with Crippen LogP contribution in [-0.2, 0) is 0 Å². The molecule has 2 fully saturated rings. The molecule has 5 heteroatoms. The van der Waals surface area contributed by atoms with Gasteiger partial charge in [0.25, 0.3) is 0 Å². The van der Waals surface area contributed by atoms with Crippen molar-refractivity contribution in [2.45, 2.75) is 43.5 Å². The Balaban J connectivity index is 1.84. The largest absolute Gasteiger partial charge is 0.411 e. The van der Waals surface area contributed by atoms with Gasteiger partial charge in [0.1, 0.15) is 0 Å². The van der Waals surface area contributed by atoms with Gasteiger partial charge in [-0.25, -0.2) is 9.97 Å². The quantitative estimate of drug-likeness (QED) is 0.506. The standard InChI is InChI=1S/C13H17N3OS/c1-7-5-8(2)15-13(14-7)18-12-10-4-3-9(6-10)11(12)16-17/h5,9-10,12,17H,3-4,6H2,1-2H3/b16-11+/t9-,10-,12-/m0/s1. The summed E-state index contributed by atoms with van der Waals surface area (Å²) in [5, 5.41) is 13.8. The van der Waals surface area contributed by atoms with Crippen LogP contribution in [0.5, 0.6) is 0 Å². The van der Waals surface area contributed by atoms with Crippen LogP contribution < -0.4 is 0 Å². The minimum Gasteiger partial charge on any atom is -0.411 e. The fourth-order valence-electron chi connectivity index (χ4n) is 3.19. The minimum absolute atomic E-state index is 0.273. The monoisotopic (exact) mass is 263 g/mol. The Morgan fingerprint density at radius 3 is 2.67 bits per heavy atom. The second-order valence-electron chi connectivity index (χ2n) is 5.27. The number of aryl methyl sites for hydroxylation is 2. The lowest BCUT2D eigenvalue weighted by Gasteiger charge is -2.21. The molecular formula is C13H17N3OS. The third kappa shape index (κ3) is 2.00. The van der Waals surface area contributed by atoms with E-state index < -0.39 is 0 Å². The van der Waals surface area contributed by atoms with E-state index in [1.807, 2.05) is 19.9 Å². The van der Waals surface area contributed by atoms with E-state index in [2.05, 4.69) is 15.1 Å². The maximum Gasteiger partial charge on any atom is 0.188 e. The number of thioether (sulfide) groups is 1. The summed E-state index contributed by atoms with van der Waals surface area (Å²) in [6.07, 6.45) is 3.59. The fraction of sp³-hybridized carbons (Fsp3) is 0.615. The molecule has 1 aromatic rings. The summed E-state index contributed by atoms with van der Waals surface area (Å²) in [4.78, 5) is 8.93. The third-order valence-electron chi connectivity index (χ3n) is 3.92. The van der Waals surface area contributed by atoms with E-state index in [1.54, 1.807) is 11.8 Å². The van der Waals surface area contributed by atoms with Crippen molar-refractivity contribution >= 4 is 17.5 Å². The molecule has 4 nitrogen and oxygen atoms in total.